The van der Waals surface area contributed by atoms with E-state index in [2.05, 4.69) is 92.6 Å². The van der Waals surface area contributed by atoms with Crippen molar-refractivity contribution >= 4 is 5.69 Å². The minimum Gasteiger partial charge on any atom is -0.378 e. The van der Waals surface area contributed by atoms with Crippen LogP contribution in [0.1, 0.15) is 60.3 Å². The van der Waals surface area contributed by atoms with Crippen LogP contribution in [0.3, 0.4) is 0 Å². The van der Waals surface area contributed by atoms with Gasteiger partial charge in [-0.05, 0) is 58.5 Å². The number of hydrogen-bond donors (Lipinski definition) is 0. The van der Waals surface area contributed by atoms with Gasteiger partial charge in [0.05, 0.1) is 12.1 Å². The fraction of sp³-hybridized carbons (Fsp3) is 0.458. The highest BCUT2D eigenvalue weighted by atomic mass is 15.6. The zero-order valence-corrected chi connectivity index (χ0v) is 17.9. The molecule has 1 saturated carbocycles. The number of rotatable bonds is 5. The molecular weight excluding hydrogens is 372 g/mol. The monoisotopic (exact) mass is 402 g/mol. The summed E-state index contributed by atoms with van der Waals surface area (Å²) in [6.07, 6.45) is 5.94. The van der Waals surface area contributed by atoms with Gasteiger partial charge in [0.25, 0.3) is 0 Å². The van der Waals surface area contributed by atoms with Gasteiger partial charge >= 0.3 is 0 Å². The molecule has 6 nitrogen and oxygen atoms in total. The highest BCUT2D eigenvalue weighted by Crippen LogP contribution is 2.36. The smallest absolute Gasteiger partial charge is 0.173 e. The van der Waals surface area contributed by atoms with E-state index in [-0.39, 0.29) is 6.04 Å². The van der Waals surface area contributed by atoms with E-state index in [0.29, 0.717) is 6.04 Å². The molecule has 6 heteroatoms. The first-order valence-electron chi connectivity index (χ1n) is 11.1. The quantitative estimate of drug-likeness (QED) is 0.646. The normalized spacial score (nSPS) is 18.3. The Morgan fingerprint density at radius 1 is 0.967 bits per heavy atom. The van der Waals surface area contributed by atoms with Crippen LogP contribution in [0.15, 0.2) is 48.5 Å². The molecule has 0 saturated heterocycles. The van der Waals surface area contributed by atoms with Crippen LogP contribution in [0.2, 0.25) is 0 Å². The van der Waals surface area contributed by atoms with E-state index < -0.39 is 0 Å². The van der Waals surface area contributed by atoms with Crippen molar-refractivity contribution in [2.24, 2.45) is 0 Å². The number of benzene rings is 2. The van der Waals surface area contributed by atoms with Gasteiger partial charge in [0, 0.05) is 32.9 Å². The first kappa shape index (κ1) is 19.2. The number of aromatic nitrogens is 4. The van der Waals surface area contributed by atoms with E-state index in [9.17, 15) is 0 Å². The molecular formula is C24H30N6. The van der Waals surface area contributed by atoms with Crippen LogP contribution < -0.4 is 4.90 Å². The zero-order valence-electron chi connectivity index (χ0n) is 17.9. The average molecular weight is 403 g/mol. The molecule has 0 radical (unpaired) electrons. The first-order chi connectivity index (χ1) is 14.7. The molecule has 2 aromatic carbocycles. The lowest BCUT2D eigenvalue weighted by molar-refractivity contribution is 0.191. The van der Waals surface area contributed by atoms with Crippen molar-refractivity contribution in [3.8, 4) is 0 Å². The molecule has 1 fully saturated rings. The van der Waals surface area contributed by atoms with Crippen molar-refractivity contribution in [2.75, 3.05) is 25.5 Å². The van der Waals surface area contributed by atoms with Crippen LogP contribution in [0.5, 0.6) is 0 Å². The van der Waals surface area contributed by atoms with Crippen molar-refractivity contribution in [1.82, 2.24) is 25.1 Å². The number of nitrogens with zero attached hydrogens (tertiary/aromatic N) is 6. The minimum absolute atomic E-state index is 0.0603. The summed E-state index contributed by atoms with van der Waals surface area (Å²) in [5.41, 5.74) is 5.34. The Morgan fingerprint density at radius 2 is 1.70 bits per heavy atom. The number of fused-ring (bicyclic) bond motifs is 1. The second-order valence-corrected chi connectivity index (χ2v) is 8.80. The molecule has 0 amide bonds. The molecule has 156 valence electrons. The molecule has 3 aromatic rings. The molecule has 2 aliphatic rings. The van der Waals surface area contributed by atoms with Crippen molar-refractivity contribution in [1.29, 1.82) is 0 Å². The lowest BCUT2D eigenvalue weighted by Gasteiger charge is -2.35. The summed E-state index contributed by atoms with van der Waals surface area (Å²) in [5.74, 6) is 0.985. The molecule has 2 heterocycles. The first-order valence-corrected chi connectivity index (χ1v) is 11.1. The van der Waals surface area contributed by atoms with Gasteiger partial charge in [0.15, 0.2) is 5.82 Å². The van der Waals surface area contributed by atoms with E-state index in [4.69, 9.17) is 0 Å². The maximum Gasteiger partial charge on any atom is 0.173 e. The van der Waals surface area contributed by atoms with Gasteiger partial charge in [-0.3, -0.25) is 4.90 Å². The Balaban J connectivity index is 1.54. The Kier molecular flexibility index (Phi) is 5.25. The van der Waals surface area contributed by atoms with Crippen LogP contribution in [0, 0.1) is 0 Å². The molecule has 30 heavy (non-hydrogen) atoms. The summed E-state index contributed by atoms with van der Waals surface area (Å²) in [4.78, 5) is 4.68. The maximum atomic E-state index is 4.58. The third-order valence-electron chi connectivity index (χ3n) is 6.68. The van der Waals surface area contributed by atoms with Crippen LogP contribution >= 0.6 is 0 Å². The zero-order chi connectivity index (χ0) is 20.5. The molecule has 0 unspecified atom stereocenters. The van der Waals surface area contributed by atoms with Crippen LogP contribution in [-0.4, -0.2) is 45.7 Å². The molecule has 1 atom stereocenters. The molecule has 0 spiro atoms. The van der Waals surface area contributed by atoms with Gasteiger partial charge in [-0.25, -0.2) is 4.68 Å². The van der Waals surface area contributed by atoms with Crippen molar-refractivity contribution in [3.63, 3.8) is 0 Å². The number of hydrogen-bond acceptors (Lipinski definition) is 5. The largest absolute Gasteiger partial charge is 0.378 e. The van der Waals surface area contributed by atoms with E-state index >= 15 is 0 Å². The standard InChI is InChI=1S/C24H30N6/c1-28(2)21-13-11-19(12-14-21)23(24-25-26-27-30(24)22-9-5-6-10-22)29-16-15-18-7-3-4-8-20(18)17-29/h3-4,7-8,11-14,22-23H,5-6,9-10,15-17H2,1-2H3/t23-/m0/s1. The second kappa shape index (κ2) is 8.19. The SMILES string of the molecule is CN(C)c1ccc([C@@H](c2nnnn2C2CCCC2)N2CCc3ccccc3C2)cc1. The highest BCUT2D eigenvalue weighted by Gasteiger charge is 2.32. The van der Waals surface area contributed by atoms with Crippen molar-refractivity contribution in [3.05, 3.63) is 71.0 Å². The summed E-state index contributed by atoms with van der Waals surface area (Å²) in [6.45, 7) is 1.93. The number of anilines is 1. The van der Waals surface area contributed by atoms with Gasteiger partial charge in [0.2, 0.25) is 0 Å². The lowest BCUT2D eigenvalue weighted by Crippen LogP contribution is -2.36. The third-order valence-corrected chi connectivity index (χ3v) is 6.68. The van der Waals surface area contributed by atoms with Gasteiger partial charge in [-0.1, -0.05) is 49.2 Å². The predicted octanol–water partition coefficient (Wildman–Crippen LogP) is 4.00. The summed E-state index contributed by atoms with van der Waals surface area (Å²) in [6, 6.07) is 18.2. The maximum absolute atomic E-state index is 4.58. The second-order valence-electron chi connectivity index (χ2n) is 8.80. The van der Waals surface area contributed by atoms with Gasteiger partial charge in [-0.15, -0.1) is 5.10 Å². The summed E-state index contributed by atoms with van der Waals surface area (Å²) >= 11 is 0. The topological polar surface area (TPSA) is 50.1 Å². The van der Waals surface area contributed by atoms with Crippen molar-refractivity contribution < 1.29 is 0 Å². The van der Waals surface area contributed by atoms with Gasteiger partial charge < -0.3 is 4.90 Å². The highest BCUT2D eigenvalue weighted by molar-refractivity contribution is 5.47. The van der Waals surface area contributed by atoms with Gasteiger partial charge in [-0.2, -0.15) is 0 Å². The summed E-state index contributed by atoms with van der Waals surface area (Å²) in [5, 5.41) is 13.2. The lowest BCUT2D eigenvalue weighted by atomic mass is 9.95. The van der Waals surface area contributed by atoms with E-state index in [1.807, 2.05) is 0 Å². The molecule has 1 aromatic heterocycles. The summed E-state index contributed by atoms with van der Waals surface area (Å²) < 4.78 is 2.12. The minimum atomic E-state index is 0.0603. The summed E-state index contributed by atoms with van der Waals surface area (Å²) in [7, 11) is 4.16. The Bertz CT molecular complexity index is 987. The Morgan fingerprint density at radius 3 is 2.43 bits per heavy atom. The molecule has 0 N–H and O–H groups in total. The van der Waals surface area contributed by atoms with E-state index in [1.54, 1.807) is 0 Å². The molecule has 0 bridgehead atoms. The fourth-order valence-electron chi connectivity index (χ4n) is 5.01. The Hall–Kier alpha value is -2.73. The van der Waals surface area contributed by atoms with E-state index in [0.717, 1.165) is 25.3 Å². The molecule has 5 rings (SSSR count). The third kappa shape index (κ3) is 3.60. The van der Waals surface area contributed by atoms with E-state index in [1.165, 1.54) is 48.1 Å². The number of tetrazole rings is 1. The average Bonchev–Trinajstić information content (AvgIpc) is 3.46. The van der Waals surface area contributed by atoms with Crippen LogP contribution in [0.4, 0.5) is 5.69 Å². The molecule has 1 aliphatic carbocycles. The van der Waals surface area contributed by atoms with Crippen LogP contribution in [0.25, 0.3) is 0 Å². The van der Waals surface area contributed by atoms with Gasteiger partial charge in [0.1, 0.15) is 0 Å². The van der Waals surface area contributed by atoms with Crippen LogP contribution in [-0.2, 0) is 13.0 Å². The Labute approximate surface area is 178 Å². The predicted molar refractivity (Wildman–Crippen MR) is 118 cm³/mol. The fourth-order valence-corrected chi connectivity index (χ4v) is 5.01. The molecule has 1 aliphatic heterocycles. The van der Waals surface area contributed by atoms with Crippen molar-refractivity contribution in [2.45, 2.75) is 50.7 Å².